The highest BCUT2D eigenvalue weighted by atomic mass is 35.5. The number of ether oxygens (including phenoxy) is 1. The van der Waals surface area contributed by atoms with E-state index >= 15 is 0 Å². The molecule has 2 heterocycles. The molecule has 0 unspecified atom stereocenters. The van der Waals surface area contributed by atoms with Crippen molar-refractivity contribution in [2.24, 2.45) is 0 Å². The maximum absolute atomic E-state index is 5.46. The van der Waals surface area contributed by atoms with Gasteiger partial charge in [0.2, 0.25) is 0 Å². The first kappa shape index (κ1) is 8.14. The molecule has 0 bridgehead atoms. The third-order valence-electron chi connectivity index (χ3n) is 1.60. The SMILES string of the molecule is Cl.Nc1cc2c(cn1)OCC2. The first-order valence-corrected chi connectivity index (χ1v) is 3.23. The molecular weight excluding hydrogens is 164 g/mol. The lowest BCUT2D eigenvalue weighted by Crippen LogP contribution is -1.89. The van der Waals surface area contributed by atoms with Gasteiger partial charge in [-0.1, -0.05) is 0 Å². The van der Waals surface area contributed by atoms with E-state index in [1.54, 1.807) is 6.20 Å². The number of nitrogens with two attached hydrogens (primary N) is 1. The fraction of sp³-hybridized carbons (Fsp3) is 0.286. The van der Waals surface area contributed by atoms with E-state index in [2.05, 4.69) is 4.98 Å². The lowest BCUT2D eigenvalue weighted by atomic mass is 10.2. The number of anilines is 1. The van der Waals surface area contributed by atoms with Crippen LogP contribution in [0.3, 0.4) is 0 Å². The Morgan fingerprint density at radius 3 is 3.18 bits per heavy atom. The molecule has 0 aliphatic carbocycles. The van der Waals surface area contributed by atoms with E-state index in [-0.39, 0.29) is 12.4 Å². The van der Waals surface area contributed by atoms with Gasteiger partial charge in [0.15, 0.2) is 0 Å². The number of nitrogen functional groups attached to an aromatic ring is 1. The number of pyridine rings is 1. The van der Waals surface area contributed by atoms with E-state index in [9.17, 15) is 0 Å². The van der Waals surface area contributed by atoms with Crippen LogP contribution >= 0.6 is 12.4 Å². The molecule has 1 aliphatic rings. The summed E-state index contributed by atoms with van der Waals surface area (Å²) in [4.78, 5) is 3.90. The van der Waals surface area contributed by atoms with Crippen molar-refractivity contribution >= 4 is 18.2 Å². The molecule has 2 N–H and O–H groups in total. The minimum absolute atomic E-state index is 0. The van der Waals surface area contributed by atoms with Crippen molar-refractivity contribution in [1.82, 2.24) is 4.98 Å². The van der Waals surface area contributed by atoms with Crippen molar-refractivity contribution < 1.29 is 4.74 Å². The predicted octanol–water partition coefficient (Wildman–Crippen LogP) is 1.02. The Balaban J connectivity index is 0.000000605. The summed E-state index contributed by atoms with van der Waals surface area (Å²) < 4.78 is 5.24. The van der Waals surface area contributed by atoms with E-state index in [4.69, 9.17) is 10.5 Å². The molecule has 4 heteroatoms. The first-order chi connectivity index (χ1) is 4.86. The summed E-state index contributed by atoms with van der Waals surface area (Å²) >= 11 is 0. The summed E-state index contributed by atoms with van der Waals surface area (Å²) in [6.45, 7) is 0.764. The van der Waals surface area contributed by atoms with Gasteiger partial charge in [-0.05, 0) is 6.07 Å². The zero-order valence-electron chi connectivity index (χ0n) is 5.91. The molecule has 0 amide bonds. The van der Waals surface area contributed by atoms with Gasteiger partial charge in [0.25, 0.3) is 0 Å². The average molecular weight is 173 g/mol. The zero-order chi connectivity index (χ0) is 6.97. The van der Waals surface area contributed by atoms with Crippen LogP contribution in [0.15, 0.2) is 12.3 Å². The van der Waals surface area contributed by atoms with E-state index in [1.807, 2.05) is 6.07 Å². The highest BCUT2D eigenvalue weighted by Gasteiger charge is 2.11. The Morgan fingerprint density at radius 1 is 1.55 bits per heavy atom. The second-order valence-electron chi connectivity index (χ2n) is 2.32. The maximum atomic E-state index is 5.46. The molecule has 1 aliphatic heterocycles. The van der Waals surface area contributed by atoms with Crippen LogP contribution in [0.2, 0.25) is 0 Å². The molecule has 3 nitrogen and oxygen atoms in total. The molecule has 0 saturated carbocycles. The van der Waals surface area contributed by atoms with Crippen molar-refractivity contribution in [1.29, 1.82) is 0 Å². The molecule has 0 radical (unpaired) electrons. The Morgan fingerprint density at radius 2 is 2.36 bits per heavy atom. The molecular formula is C7H9ClN2O. The van der Waals surface area contributed by atoms with Crippen molar-refractivity contribution in [3.8, 4) is 5.75 Å². The van der Waals surface area contributed by atoms with Gasteiger partial charge in [0, 0.05) is 12.0 Å². The summed E-state index contributed by atoms with van der Waals surface area (Å²) in [6.07, 6.45) is 2.64. The smallest absolute Gasteiger partial charge is 0.141 e. The topological polar surface area (TPSA) is 48.1 Å². The van der Waals surface area contributed by atoms with E-state index < -0.39 is 0 Å². The Bertz CT molecular complexity index is 265. The second kappa shape index (κ2) is 2.96. The van der Waals surface area contributed by atoms with Gasteiger partial charge < -0.3 is 10.5 Å². The van der Waals surface area contributed by atoms with Crippen LogP contribution in [-0.4, -0.2) is 11.6 Å². The van der Waals surface area contributed by atoms with E-state index in [0.29, 0.717) is 5.82 Å². The Labute approximate surface area is 71.0 Å². The first-order valence-electron chi connectivity index (χ1n) is 3.23. The van der Waals surface area contributed by atoms with Crippen molar-refractivity contribution in [2.75, 3.05) is 12.3 Å². The average Bonchev–Trinajstić information content (AvgIpc) is 2.33. The zero-order valence-corrected chi connectivity index (χ0v) is 6.73. The molecule has 11 heavy (non-hydrogen) atoms. The largest absolute Gasteiger partial charge is 0.491 e. The third kappa shape index (κ3) is 1.38. The van der Waals surface area contributed by atoms with Crippen LogP contribution in [0.5, 0.6) is 5.75 Å². The Hall–Kier alpha value is -0.960. The van der Waals surface area contributed by atoms with Gasteiger partial charge >= 0.3 is 0 Å². The number of hydrogen-bond donors (Lipinski definition) is 1. The number of nitrogens with zero attached hydrogens (tertiary/aromatic N) is 1. The van der Waals surface area contributed by atoms with Crippen molar-refractivity contribution in [3.63, 3.8) is 0 Å². The number of rotatable bonds is 0. The van der Waals surface area contributed by atoms with Gasteiger partial charge in [0.05, 0.1) is 12.8 Å². The monoisotopic (exact) mass is 172 g/mol. The van der Waals surface area contributed by atoms with Crippen LogP contribution in [-0.2, 0) is 6.42 Å². The van der Waals surface area contributed by atoms with Crippen LogP contribution in [0.25, 0.3) is 0 Å². The van der Waals surface area contributed by atoms with Crippen LogP contribution in [0, 0.1) is 0 Å². The minimum atomic E-state index is 0. The number of halogens is 1. The normalized spacial score (nSPS) is 13.1. The second-order valence-corrected chi connectivity index (χ2v) is 2.32. The van der Waals surface area contributed by atoms with Gasteiger partial charge in [0.1, 0.15) is 11.6 Å². The summed E-state index contributed by atoms with van der Waals surface area (Å²) in [5.41, 5.74) is 6.64. The molecule has 0 fully saturated rings. The van der Waals surface area contributed by atoms with Crippen molar-refractivity contribution in [2.45, 2.75) is 6.42 Å². The summed E-state index contributed by atoms with van der Waals surface area (Å²) in [5.74, 6) is 1.46. The fourth-order valence-electron chi connectivity index (χ4n) is 1.10. The van der Waals surface area contributed by atoms with E-state index in [1.165, 1.54) is 5.56 Å². The summed E-state index contributed by atoms with van der Waals surface area (Å²) in [6, 6.07) is 1.86. The molecule has 1 aromatic rings. The standard InChI is InChI=1S/C7H8N2O.ClH/c8-7-3-5-1-2-10-6(5)4-9-7;/h3-4H,1-2H2,(H2,8,9);1H. The van der Waals surface area contributed by atoms with Gasteiger partial charge in [-0.2, -0.15) is 0 Å². The maximum Gasteiger partial charge on any atom is 0.141 e. The van der Waals surface area contributed by atoms with Crippen LogP contribution < -0.4 is 10.5 Å². The number of fused-ring (bicyclic) bond motifs is 1. The Kier molecular flexibility index (Phi) is 2.19. The quantitative estimate of drug-likeness (QED) is 0.636. The fourth-order valence-corrected chi connectivity index (χ4v) is 1.10. The summed E-state index contributed by atoms with van der Waals surface area (Å²) in [5, 5.41) is 0. The molecule has 0 spiro atoms. The number of hydrogen-bond acceptors (Lipinski definition) is 3. The number of aromatic nitrogens is 1. The summed E-state index contributed by atoms with van der Waals surface area (Å²) in [7, 11) is 0. The van der Waals surface area contributed by atoms with Crippen LogP contribution in [0.4, 0.5) is 5.82 Å². The molecule has 0 aromatic carbocycles. The highest BCUT2D eigenvalue weighted by molar-refractivity contribution is 5.85. The van der Waals surface area contributed by atoms with Gasteiger partial charge in [-0.15, -0.1) is 12.4 Å². The van der Waals surface area contributed by atoms with Gasteiger partial charge in [-0.3, -0.25) is 0 Å². The molecule has 0 saturated heterocycles. The van der Waals surface area contributed by atoms with E-state index in [0.717, 1.165) is 18.8 Å². The van der Waals surface area contributed by atoms with Crippen molar-refractivity contribution in [3.05, 3.63) is 17.8 Å². The van der Waals surface area contributed by atoms with Crippen LogP contribution in [0.1, 0.15) is 5.56 Å². The lowest BCUT2D eigenvalue weighted by Gasteiger charge is -1.96. The molecule has 60 valence electrons. The molecule has 1 aromatic heterocycles. The lowest BCUT2D eigenvalue weighted by molar-refractivity contribution is 0.356. The molecule has 0 atom stereocenters. The predicted molar refractivity (Wildman–Crippen MR) is 45.1 cm³/mol. The molecule has 2 rings (SSSR count). The van der Waals surface area contributed by atoms with Gasteiger partial charge in [-0.25, -0.2) is 4.98 Å². The third-order valence-corrected chi connectivity index (χ3v) is 1.60. The highest BCUT2D eigenvalue weighted by Crippen LogP contribution is 2.24. The minimum Gasteiger partial charge on any atom is -0.491 e.